The maximum Gasteiger partial charge on any atom is 0.252 e. The van der Waals surface area contributed by atoms with Crippen LogP contribution in [0.2, 0.25) is 0 Å². The molecule has 0 spiro atoms. The molecule has 2 heterocycles. The molecule has 0 amide bonds. The first-order valence-corrected chi connectivity index (χ1v) is 6.37. The van der Waals surface area contributed by atoms with Crippen LogP contribution < -0.4 is 10.6 Å². The fourth-order valence-electron chi connectivity index (χ4n) is 2.89. The van der Waals surface area contributed by atoms with E-state index in [-0.39, 0.29) is 12.8 Å². The second-order valence-electron chi connectivity index (χ2n) is 5.46. The Morgan fingerprint density at radius 2 is 1.83 bits per heavy atom. The minimum atomic E-state index is -2.61. The summed E-state index contributed by atoms with van der Waals surface area (Å²) in [5.41, 5.74) is 5.80. The van der Waals surface area contributed by atoms with Crippen LogP contribution in [0, 0.1) is 0 Å². The molecule has 0 atom stereocenters. The van der Waals surface area contributed by atoms with Crippen LogP contribution in [-0.2, 0) is 5.54 Å². The minimum absolute atomic E-state index is 0.273. The van der Waals surface area contributed by atoms with Crippen molar-refractivity contribution >= 4 is 5.82 Å². The van der Waals surface area contributed by atoms with Gasteiger partial charge in [-0.05, 0) is 24.5 Å². The molecule has 3 rings (SSSR count). The monoisotopic (exact) mass is 253 g/mol. The van der Waals surface area contributed by atoms with Crippen LogP contribution in [0.5, 0.6) is 0 Å². The van der Waals surface area contributed by atoms with Crippen LogP contribution >= 0.6 is 0 Å². The minimum Gasteiger partial charge on any atom is -0.357 e. The molecule has 0 radical (unpaired) electrons. The molecule has 0 bridgehead atoms. The van der Waals surface area contributed by atoms with Crippen molar-refractivity contribution in [1.29, 1.82) is 0 Å². The molecule has 1 aromatic heterocycles. The topological polar surface area (TPSA) is 42.1 Å². The first-order valence-electron chi connectivity index (χ1n) is 6.37. The zero-order valence-corrected chi connectivity index (χ0v) is 10.2. The fourth-order valence-corrected chi connectivity index (χ4v) is 2.89. The van der Waals surface area contributed by atoms with E-state index in [1.807, 2.05) is 12.1 Å². The smallest absolute Gasteiger partial charge is 0.252 e. The Morgan fingerprint density at radius 1 is 1.17 bits per heavy atom. The van der Waals surface area contributed by atoms with Crippen LogP contribution in [-0.4, -0.2) is 24.0 Å². The van der Waals surface area contributed by atoms with Gasteiger partial charge < -0.3 is 10.6 Å². The molecular formula is C13H17F2N3. The van der Waals surface area contributed by atoms with Gasteiger partial charge in [0.15, 0.2) is 0 Å². The number of rotatable bonds is 2. The van der Waals surface area contributed by atoms with Gasteiger partial charge in [-0.2, -0.15) is 0 Å². The molecule has 18 heavy (non-hydrogen) atoms. The van der Waals surface area contributed by atoms with Crippen LogP contribution in [0.25, 0.3) is 0 Å². The number of alkyl halides is 2. The lowest BCUT2D eigenvalue weighted by atomic mass is 9.70. The lowest BCUT2D eigenvalue weighted by molar-refractivity contribution is -0.125. The lowest BCUT2D eigenvalue weighted by Gasteiger charge is -2.44. The van der Waals surface area contributed by atoms with E-state index in [1.54, 1.807) is 6.20 Å². The molecule has 5 heteroatoms. The standard InChI is InChI=1S/C13H17F2N3/c14-13(15)8-12(16,9-13)10-3-4-11(17-7-10)18-5-1-2-6-18/h3-4,7H,1-2,5-6,8-9,16H2. The number of pyridine rings is 1. The average molecular weight is 253 g/mol. The third-order valence-corrected chi connectivity index (χ3v) is 3.90. The van der Waals surface area contributed by atoms with Crippen LogP contribution in [0.15, 0.2) is 18.3 Å². The number of nitrogens with two attached hydrogens (primary N) is 1. The van der Waals surface area contributed by atoms with E-state index in [2.05, 4.69) is 9.88 Å². The van der Waals surface area contributed by atoms with Crippen molar-refractivity contribution in [3.63, 3.8) is 0 Å². The summed E-state index contributed by atoms with van der Waals surface area (Å²) in [6, 6.07) is 3.74. The van der Waals surface area contributed by atoms with Crippen LogP contribution in [0.1, 0.15) is 31.2 Å². The Balaban J connectivity index is 1.75. The third-order valence-electron chi connectivity index (χ3n) is 3.90. The molecule has 98 valence electrons. The predicted octanol–water partition coefficient (Wildman–Crippen LogP) is 2.26. The Hall–Kier alpha value is -1.23. The summed E-state index contributed by atoms with van der Waals surface area (Å²) in [5, 5.41) is 0. The highest BCUT2D eigenvalue weighted by Gasteiger charge is 2.55. The van der Waals surface area contributed by atoms with Crippen molar-refractivity contribution in [2.45, 2.75) is 37.1 Å². The predicted molar refractivity (Wildman–Crippen MR) is 65.7 cm³/mol. The molecule has 1 aromatic rings. The van der Waals surface area contributed by atoms with E-state index in [0.29, 0.717) is 0 Å². The van der Waals surface area contributed by atoms with E-state index >= 15 is 0 Å². The van der Waals surface area contributed by atoms with E-state index in [9.17, 15) is 8.78 Å². The summed E-state index contributed by atoms with van der Waals surface area (Å²) in [5.74, 6) is -1.69. The first kappa shape index (κ1) is 11.8. The molecule has 1 aliphatic carbocycles. The molecule has 0 unspecified atom stereocenters. The van der Waals surface area contributed by atoms with Crippen LogP contribution in [0.4, 0.5) is 14.6 Å². The normalized spacial score (nSPS) is 24.9. The van der Waals surface area contributed by atoms with Crippen molar-refractivity contribution in [3.05, 3.63) is 23.9 Å². The Morgan fingerprint density at radius 3 is 2.33 bits per heavy atom. The molecule has 3 nitrogen and oxygen atoms in total. The van der Waals surface area contributed by atoms with Gasteiger partial charge in [0.05, 0.1) is 5.54 Å². The van der Waals surface area contributed by atoms with Crippen LogP contribution in [0.3, 0.4) is 0 Å². The summed E-state index contributed by atoms with van der Waals surface area (Å²) in [4.78, 5) is 6.57. The lowest BCUT2D eigenvalue weighted by Crippen LogP contribution is -2.55. The van der Waals surface area contributed by atoms with Gasteiger partial charge >= 0.3 is 0 Å². The summed E-state index contributed by atoms with van der Waals surface area (Å²) >= 11 is 0. The van der Waals surface area contributed by atoms with Crippen molar-refractivity contribution < 1.29 is 8.78 Å². The molecule has 2 aliphatic rings. The zero-order valence-electron chi connectivity index (χ0n) is 10.2. The second kappa shape index (κ2) is 3.88. The third kappa shape index (κ3) is 1.96. The average Bonchev–Trinajstić information content (AvgIpc) is 2.80. The molecule has 2 N–H and O–H groups in total. The Bertz CT molecular complexity index is 430. The van der Waals surface area contributed by atoms with Gasteiger partial charge in [0.2, 0.25) is 0 Å². The maximum atomic E-state index is 12.9. The number of anilines is 1. The van der Waals surface area contributed by atoms with E-state index in [0.717, 1.165) is 24.5 Å². The number of aromatic nitrogens is 1. The van der Waals surface area contributed by atoms with Crippen molar-refractivity contribution in [1.82, 2.24) is 4.98 Å². The summed E-state index contributed by atoms with van der Waals surface area (Å²) < 4.78 is 25.9. The summed E-state index contributed by atoms with van der Waals surface area (Å²) in [6.07, 6.45) is 3.49. The highest BCUT2D eigenvalue weighted by molar-refractivity contribution is 5.42. The first-order chi connectivity index (χ1) is 8.49. The van der Waals surface area contributed by atoms with Crippen molar-refractivity contribution in [3.8, 4) is 0 Å². The molecule has 0 aromatic carbocycles. The van der Waals surface area contributed by atoms with Crippen molar-refractivity contribution in [2.75, 3.05) is 18.0 Å². The number of halogens is 2. The zero-order chi connectivity index (χ0) is 12.8. The molecule has 1 saturated carbocycles. The Kier molecular flexibility index (Phi) is 2.55. The van der Waals surface area contributed by atoms with E-state index < -0.39 is 11.5 Å². The molecule has 2 fully saturated rings. The second-order valence-corrected chi connectivity index (χ2v) is 5.46. The van der Waals surface area contributed by atoms with Crippen molar-refractivity contribution in [2.24, 2.45) is 5.73 Å². The highest BCUT2D eigenvalue weighted by atomic mass is 19.3. The summed E-state index contributed by atoms with van der Waals surface area (Å²) in [6.45, 7) is 2.05. The number of hydrogen-bond acceptors (Lipinski definition) is 3. The molecular weight excluding hydrogens is 236 g/mol. The number of hydrogen-bond donors (Lipinski definition) is 1. The number of nitrogens with zero attached hydrogens (tertiary/aromatic N) is 2. The van der Waals surface area contributed by atoms with Gasteiger partial charge in [0.25, 0.3) is 5.92 Å². The largest absolute Gasteiger partial charge is 0.357 e. The van der Waals surface area contributed by atoms with Gasteiger partial charge in [0.1, 0.15) is 5.82 Å². The fraction of sp³-hybridized carbons (Fsp3) is 0.615. The van der Waals surface area contributed by atoms with Gasteiger partial charge in [-0.25, -0.2) is 13.8 Å². The summed E-state index contributed by atoms with van der Waals surface area (Å²) in [7, 11) is 0. The molecule has 1 aliphatic heterocycles. The molecule has 1 saturated heterocycles. The SMILES string of the molecule is NC1(c2ccc(N3CCCC3)nc2)CC(F)(F)C1. The van der Waals surface area contributed by atoms with Gasteiger partial charge in [-0.3, -0.25) is 0 Å². The van der Waals surface area contributed by atoms with E-state index in [4.69, 9.17) is 5.73 Å². The van der Waals surface area contributed by atoms with E-state index in [1.165, 1.54) is 12.8 Å². The van der Waals surface area contributed by atoms with Gasteiger partial charge in [-0.1, -0.05) is 6.07 Å². The van der Waals surface area contributed by atoms with Gasteiger partial charge in [0, 0.05) is 32.1 Å². The Labute approximate surface area is 105 Å². The quantitative estimate of drug-likeness (QED) is 0.879. The highest BCUT2D eigenvalue weighted by Crippen LogP contribution is 2.49. The van der Waals surface area contributed by atoms with Gasteiger partial charge in [-0.15, -0.1) is 0 Å². The maximum absolute atomic E-state index is 12.9.